The van der Waals surface area contributed by atoms with E-state index in [0.29, 0.717) is 6.10 Å². The molecule has 0 radical (unpaired) electrons. The summed E-state index contributed by atoms with van der Waals surface area (Å²) in [5, 5.41) is 0.841. The van der Waals surface area contributed by atoms with Gasteiger partial charge in [0.1, 0.15) is 0 Å². The lowest BCUT2D eigenvalue weighted by atomic mass is 9.83. The molecule has 0 saturated heterocycles. The summed E-state index contributed by atoms with van der Waals surface area (Å²) in [5.41, 5.74) is 2.65. The molecule has 2 aliphatic heterocycles. The number of rotatable bonds is 2. The van der Waals surface area contributed by atoms with Crippen LogP contribution in [0.15, 0.2) is 12.1 Å². The molecule has 3 nitrogen and oxygen atoms in total. The van der Waals surface area contributed by atoms with Gasteiger partial charge in [-0.1, -0.05) is 47.7 Å². The maximum absolute atomic E-state index is 6.68. The Morgan fingerprint density at radius 3 is 2.48 bits per heavy atom. The number of fused-ring (bicyclic) bond motifs is 3. The molecule has 4 aliphatic rings. The lowest BCUT2D eigenvalue weighted by molar-refractivity contribution is -0.105. The lowest BCUT2D eigenvalue weighted by Crippen LogP contribution is -2.40. The van der Waals surface area contributed by atoms with Crippen LogP contribution >= 0.6 is 15.9 Å². The van der Waals surface area contributed by atoms with Crippen LogP contribution in [-0.2, 0) is 11.2 Å². The van der Waals surface area contributed by atoms with E-state index >= 15 is 0 Å². The van der Waals surface area contributed by atoms with Gasteiger partial charge in [0.15, 0.2) is 11.5 Å². The largest absolute Gasteiger partial charge is 0.448 e. The van der Waals surface area contributed by atoms with Gasteiger partial charge < -0.3 is 14.2 Å². The Balaban J connectivity index is 1.43. The Morgan fingerprint density at radius 1 is 0.926 bits per heavy atom. The predicted octanol–water partition coefficient (Wildman–Crippen LogP) is 6.47. The van der Waals surface area contributed by atoms with E-state index in [2.05, 4.69) is 28.1 Å². The van der Waals surface area contributed by atoms with Gasteiger partial charge in [-0.2, -0.15) is 0 Å². The minimum Gasteiger partial charge on any atom is -0.448 e. The van der Waals surface area contributed by atoms with Gasteiger partial charge in [0, 0.05) is 23.7 Å². The molecule has 148 valence electrons. The first kappa shape index (κ1) is 18.3. The molecule has 1 aromatic carbocycles. The highest BCUT2D eigenvalue weighted by molar-refractivity contribution is 9.09. The van der Waals surface area contributed by atoms with Crippen molar-refractivity contribution in [3.8, 4) is 11.5 Å². The Hall–Kier alpha value is -0.740. The van der Waals surface area contributed by atoms with Crippen LogP contribution in [0.3, 0.4) is 0 Å². The maximum Gasteiger partial charge on any atom is 0.251 e. The highest BCUT2D eigenvalue weighted by Gasteiger charge is 2.44. The average molecular weight is 435 g/mol. The van der Waals surface area contributed by atoms with E-state index in [-0.39, 0.29) is 6.10 Å². The maximum atomic E-state index is 6.68. The lowest BCUT2D eigenvalue weighted by Gasteiger charge is -2.31. The molecule has 0 N–H and O–H groups in total. The summed E-state index contributed by atoms with van der Waals surface area (Å²) in [6, 6.07) is 4.35. The van der Waals surface area contributed by atoms with Crippen molar-refractivity contribution in [1.29, 1.82) is 0 Å². The van der Waals surface area contributed by atoms with Gasteiger partial charge in [-0.05, 0) is 56.1 Å². The van der Waals surface area contributed by atoms with E-state index in [9.17, 15) is 0 Å². The summed E-state index contributed by atoms with van der Waals surface area (Å²) in [5.74, 6) is 2.31. The Labute approximate surface area is 171 Å². The van der Waals surface area contributed by atoms with E-state index in [4.69, 9.17) is 14.2 Å². The molecule has 2 saturated carbocycles. The summed E-state index contributed by atoms with van der Waals surface area (Å²) >= 11 is 3.72. The molecule has 4 heteroatoms. The minimum absolute atomic E-state index is 0.117. The van der Waals surface area contributed by atoms with E-state index in [0.717, 1.165) is 48.4 Å². The van der Waals surface area contributed by atoms with Gasteiger partial charge >= 0.3 is 0 Å². The van der Waals surface area contributed by atoms with Crippen LogP contribution in [0.4, 0.5) is 0 Å². The van der Waals surface area contributed by atoms with Crippen molar-refractivity contribution in [2.75, 3.05) is 5.33 Å². The fourth-order valence-electron chi connectivity index (χ4n) is 5.69. The third-order valence-electron chi connectivity index (χ3n) is 7.14. The number of halogens is 1. The highest BCUT2D eigenvalue weighted by atomic mass is 79.9. The average Bonchev–Trinajstić information content (AvgIpc) is 2.95. The first-order chi connectivity index (χ1) is 13.3. The third kappa shape index (κ3) is 3.42. The molecule has 2 aliphatic carbocycles. The van der Waals surface area contributed by atoms with E-state index in [1.165, 1.54) is 62.5 Å². The second-order valence-electron chi connectivity index (χ2n) is 8.89. The third-order valence-corrected chi connectivity index (χ3v) is 7.73. The zero-order valence-corrected chi connectivity index (χ0v) is 17.8. The van der Waals surface area contributed by atoms with Gasteiger partial charge in [0.05, 0.1) is 12.2 Å². The van der Waals surface area contributed by atoms with Crippen LogP contribution in [0, 0.1) is 5.92 Å². The summed E-state index contributed by atoms with van der Waals surface area (Å²) in [6.07, 6.45) is 15.2. The summed E-state index contributed by atoms with van der Waals surface area (Å²) < 4.78 is 19.6. The zero-order chi connectivity index (χ0) is 18.3. The van der Waals surface area contributed by atoms with Crippen molar-refractivity contribution >= 4 is 15.9 Å². The van der Waals surface area contributed by atoms with Crippen LogP contribution in [0.2, 0.25) is 0 Å². The van der Waals surface area contributed by atoms with Crippen LogP contribution in [0.1, 0.15) is 87.9 Å². The molecule has 1 spiro atoms. The number of hydrogen-bond acceptors (Lipinski definition) is 3. The SMILES string of the molecule is BrC[C@@H]1O[C@H](C2CCCCC2)CCc2c1ccc1c2OC2(CCCCC2)O1. The normalized spacial score (nSPS) is 30.1. The molecule has 2 fully saturated rings. The Kier molecular flexibility index (Phi) is 5.14. The van der Waals surface area contributed by atoms with E-state index in [1.54, 1.807) is 0 Å². The van der Waals surface area contributed by atoms with E-state index < -0.39 is 5.79 Å². The number of ether oxygens (including phenoxy) is 3. The standard InChI is InChI=1S/C23H31BrO3/c24-15-21-17-9-12-20-22(27-23(26-20)13-5-2-6-14-23)18(17)10-11-19(25-21)16-7-3-1-4-8-16/h9,12,16,19,21H,1-8,10-11,13-15H2/t19-,21-/m0/s1. The summed E-state index contributed by atoms with van der Waals surface area (Å²) in [7, 11) is 0. The van der Waals surface area contributed by atoms with Gasteiger partial charge in [0.25, 0.3) is 5.79 Å². The van der Waals surface area contributed by atoms with Crippen LogP contribution in [-0.4, -0.2) is 17.2 Å². The first-order valence-corrected chi connectivity index (χ1v) is 12.2. The zero-order valence-electron chi connectivity index (χ0n) is 16.2. The molecule has 0 aromatic heterocycles. The van der Waals surface area contributed by atoms with Crippen molar-refractivity contribution in [3.05, 3.63) is 23.3 Å². The quantitative estimate of drug-likeness (QED) is 0.499. The monoisotopic (exact) mass is 434 g/mol. The number of benzene rings is 1. The highest BCUT2D eigenvalue weighted by Crippen LogP contribution is 2.51. The fourth-order valence-corrected chi connectivity index (χ4v) is 6.19. The molecule has 0 bridgehead atoms. The fraction of sp³-hybridized carbons (Fsp3) is 0.739. The Morgan fingerprint density at radius 2 is 1.70 bits per heavy atom. The summed E-state index contributed by atoms with van der Waals surface area (Å²) in [4.78, 5) is 0. The predicted molar refractivity (Wildman–Crippen MR) is 110 cm³/mol. The molecule has 27 heavy (non-hydrogen) atoms. The number of hydrogen-bond donors (Lipinski definition) is 0. The molecule has 1 aromatic rings. The second-order valence-corrected chi connectivity index (χ2v) is 9.54. The first-order valence-electron chi connectivity index (χ1n) is 11.0. The Bertz CT molecular complexity index is 676. The van der Waals surface area contributed by atoms with Gasteiger partial charge in [-0.15, -0.1) is 0 Å². The molecule has 0 unspecified atom stereocenters. The van der Waals surface area contributed by atoms with Crippen molar-refractivity contribution in [2.45, 2.75) is 95.0 Å². The van der Waals surface area contributed by atoms with Crippen LogP contribution in [0.5, 0.6) is 11.5 Å². The molecule has 2 heterocycles. The van der Waals surface area contributed by atoms with Crippen LogP contribution < -0.4 is 9.47 Å². The smallest absolute Gasteiger partial charge is 0.251 e. The topological polar surface area (TPSA) is 27.7 Å². The molecule has 5 rings (SSSR count). The van der Waals surface area contributed by atoms with Crippen molar-refractivity contribution in [3.63, 3.8) is 0 Å². The molecule has 2 atom stereocenters. The van der Waals surface area contributed by atoms with Gasteiger partial charge in [-0.25, -0.2) is 0 Å². The molecule has 0 amide bonds. The van der Waals surface area contributed by atoms with Crippen molar-refractivity contribution in [2.24, 2.45) is 5.92 Å². The minimum atomic E-state index is -0.393. The van der Waals surface area contributed by atoms with Crippen molar-refractivity contribution in [1.82, 2.24) is 0 Å². The van der Waals surface area contributed by atoms with Crippen molar-refractivity contribution < 1.29 is 14.2 Å². The van der Waals surface area contributed by atoms with Gasteiger partial charge in [-0.3, -0.25) is 0 Å². The molecular formula is C23H31BrO3. The van der Waals surface area contributed by atoms with Gasteiger partial charge in [0.2, 0.25) is 0 Å². The van der Waals surface area contributed by atoms with Crippen LogP contribution in [0.25, 0.3) is 0 Å². The van der Waals surface area contributed by atoms with E-state index in [1.807, 2.05) is 0 Å². The number of alkyl halides is 1. The summed E-state index contributed by atoms with van der Waals surface area (Å²) in [6.45, 7) is 0. The molecular weight excluding hydrogens is 404 g/mol. The second kappa shape index (κ2) is 7.59.